The lowest BCUT2D eigenvalue weighted by molar-refractivity contribution is -0.118. The molecule has 1 N–H and O–H groups in total. The maximum atomic E-state index is 11.2. The topological polar surface area (TPSA) is 49.4 Å². The van der Waals surface area contributed by atoms with E-state index in [1.54, 1.807) is 0 Å². The van der Waals surface area contributed by atoms with Crippen LogP contribution in [0.3, 0.4) is 0 Å². The molecule has 80 valence electrons. The van der Waals surface area contributed by atoms with Gasteiger partial charge in [-0.2, -0.15) is 0 Å². The van der Waals surface area contributed by atoms with Crippen molar-refractivity contribution in [2.45, 2.75) is 6.42 Å². The second kappa shape index (κ2) is 4.20. The molecule has 1 aromatic heterocycles. The van der Waals surface area contributed by atoms with Crippen molar-refractivity contribution in [1.29, 1.82) is 0 Å². The highest BCUT2D eigenvalue weighted by Gasteiger charge is 2.25. The van der Waals surface area contributed by atoms with Gasteiger partial charge in [-0.25, -0.2) is 4.79 Å². The van der Waals surface area contributed by atoms with E-state index in [2.05, 4.69) is 5.32 Å². The molecule has 1 fully saturated rings. The van der Waals surface area contributed by atoms with Crippen molar-refractivity contribution in [3.05, 3.63) is 21.3 Å². The van der Waals surface area contributed by atoms with E-state index in [0.29, 0.717) is 6.54 Å². The fourth-order valence-electron chi connectivity index (χ4n) is 1.39. The van der Waals surface area contributed by atoms with Gasteiger partial charge in [0.2, 0.25) is 5.91 Å². The van der Waals surface area contributed by atoms with Crippen LogP contribution < -0.4 is 5.32 Å². The molecule has 0 aromatic carbocycles. The fraction of sp³-hybridized carbons (Fsp3) is 0.333. The number of amides is 3. The van der Waals surface area contributed by atoms with Gasteiger partial charge in [-0.1, -0.05) is 11.6 Å². The smallest absolute Gasteiger partial charge is 0.315 e. The molecule has 2 rings (SSSR count). The summed E-state index contributed by atoms with van der Waals surface area (Å²) < 4.78 is 0.743. The summed E-state index contributed by atoms with van der Waals surface area (Å²) in [7, 11) is 0. The summed E-state index contributed by atoms with van der Waals surface area (Å²) >= 11 is 7.27. The van der Waals surface area contributed by atoms with Crippen LogP contribution in [0, 0.1) is 0 Å². The first kappa shape index (κ1) is 10.4. The largest absolute Gasteiger partial charge is 0.324 e. The number of halogens is 1. The normalized spacial score (nSPS) is 15.9. The highest BCUT2D eigenvalue weighted by atomic mass is 35.5. The van der Waals surface area contributed by atoms with Crippen LogP contribution in [0.25, 0.3) is 0 Å². The number of rotatable bonds is 3. The van der Waals surface area contributed by atoms with Gasteiger partial charge in [0.15, 0.2) is 0 Å². The van der Waals surface area contributed by atoms with Crippen molar-refractivity contribution in [1.82, 2.24) is 10.2 Å². The van der Waals surface area contributed by atoms with Crippen LogP contribution >= 0.6 is 22.9 Å². The molecule has 2 heterocycles. The molecule has 0 unspecified atom stereocenters. The van der Waals surface area contributed by atoms with Crippen LogP contribution in [0.2, 0.25) is 4.34 Å². The third-order valence-electron chi connectivity index (χ3n) is 2.13. The summed E-state index contributed by atoms with van der Waals surface area (Å²) in [6, 6.07) is 3.46. The van der Waals surface area contributed by atoms with Crippen LogP contribution in [0.15, 0.2) is 12.1 Å². The third kappa shape index (κ3) is 2.49. The first-order chi connectivity index (χ1) is 7.15. The Bertz CT molecular complexity index is 405. The Morgan fingerprint density at radius 1 is 1.47 bits per heavy atom. The van der Waals surface area contributed by atoms with Crippen LogP contribution in [0.4, 0.5) is 4.79 Å². The number of thiophene rings is 1. The predicted octanol–water partition coefficient (Wildman–Crippen LogP) is 1.50. The molecule has 0 atom stereocenters. The van der Waals surface area contributed by atoms with Crippen molar-refractivity contribution in [2.24, 2.45) is 0 Å². The second-order valence-electron chi connectivity index (χ2n) is 3.23. The molecule has 0 saturated carbocycles. The third-order valence-corrected chi connectivity index (χ3v) is 3.42. The highest BCUT2D eigenvalue weighted by Crippen LogP contribution is 2.21. The molecule has 0 bridgehead atoms. The highest BCUT2D eigenvalue weighted by molar-refractivity contribution is 7.16. The summed E-state index contributed by atoms with van der Waals surface area (Å²) in [5.74, 6) is -0.232. The maximum Gasteiger partial charge on any atom is 0.324 e. The summed E-state index contributed by atoms with van der Waals surface area (Å²) in [5, 5.41) is 2.23. The number of hydrogen-bond donors (Lipinski definition) is 1. The zero-order valence-corrected chi connectivity index (χ0v) is 9.40. The number of nitrogens with zero attached hydrogens (tertiary/aromatic N) is 1. The molecule has 6 heteroatoms. The van der Waals surface area contributed by atoms with Crippen LogP contribution in [0.1, 0.15) is 4.88 Å². The minimum absolute atomic E-state index is 0.165. The lowest BCUT2D eigenvalue weighted by Crippen LogP contribution is -2.29. The van der Waals surface area contributed by atoms with Crippen molar-refractivity contribution >= 4 is 34.9 Å². The monoisotopic (exact) mass is 244 g/mol. The van der Waals surface area contributed by atoms with Crippen LogP contribution in [-0.2, 0) is 11.2 Å². The van der Waals surface area contributed by atoms with Gasteiger partial charge in [0.1, 0.15) is 6.54 Å². The van der Waals surface area contributed by atoms with E-state index >= 15 is 0 Å². The first-order valence-electron chi connectivity index (χ1n) is 4.48. The molecule has 3 amide bonds. The lowest BCUT2D eigenvalue weighted by Gasteiger charge is -2.11. The number of nitrogens with one attached hydrogen (secondary N) is 1. The Hall–Kier alpha value is -1.07. The number of urea groups is 1. The lowest BCUT2D eigenvalue weighted by atomic mass is 10.3. The molecule has 1 aromatic rings. The molecular weight excluding hydrogens is 236 g/mol. The van der Waals surface area contributed by atoms with Crippen molar-refractivity contribution in [3.63, 3.8) is 0 Å². The zero-order valence-electron chi connectivity index (χ0n) is 7.83. The van der Waals surface area contributed by atoms with E-state index in [1.165, 1.54) is 16.2 Å². The van der Waals surface area contributed by atoms with Crippen molar-refractivity contribution in [3.8, 4) is 0 Å². The molecule has 1 saturated heterocycles. The minimum atomic E-state index is -0.303. The van der Waals surface area contributed by atoms with E-state index in [1.807, 2.05) is 12.1 Å². The average molecular weight is 245 g/mol. The maximum absolute atomic E-state index is 11.2. The number of imide groups is 1. The first-order valence-corrected chi connectivity index (χ1v) is 5.67. The summed E-state index contributed by atoms with van der Waals surface area (Å²) in [6.07, 6.45) is 0.734. The van der Waals surface area contributed by atoms with Crippen LogP contribution in [-0.4, -0.2) is 29.9 Å². The van der Waals surface area contributed by atoms with E-state index < -0.39 is 0 Å². The summed E-state index contributed by atoms with van der Waals surface area (Å²) in [6.45, 7) is 0.715. The molecular formula is C9H9ClN2O2S. The van der Waals surface area contributed by atoms with Gasteiger partial charge in [0.25, 0.3) is 0 Å². The average Bonchev–Trinajstić information content (AvgIpc) is 2.70. The number of hydrogen-bond acceptors (Lipinski definition) is 3. The Kier molecular flexibility index (Phi) is 2.93. The van der Waals surface area contributed by atoms with Gasteiger partial charge in [0.05, 0.1) is 4.34 Å². The molecule has 1 aliphatic rings. The van der Waals surface area contributed by atoms with Gasteiger partial charge in [0, 0.05) is 11.4 Å². The molecule has 15 heavy (non-hydrogen) atoms. The van der Waals surface area contributed by atoms with Gasteiger partial charge in [-0.15, -0.1) is 11.3 Å². The minimum Gasteiger partial charge on any atom is -0.315 e. The molecule has 4 nitrogen and oxygen atoms in total. The summed E-state index contributed by atoms with van der Waals surface area (Å²) in [5.41, 5.74) is 0. The number of carbonyl (C=O) groups excluding carboxylic acids is 2. The number of carbonyl (C=O) groups is 2. The van der Waals surface area contributed by atoms with E-state index in [9.17, 15) is 9.59 Å². The Balaban J connectivity index is 1.88. The van der Waals surface area contributed by atoms with E-state index in [0.717, 1.165) is 15.6 Å². The van der Waals surface area contributed by atoms with E-state index in [4.69, 9.17) is 11.6 Å². The fourth-order valence-corrected chi connectivity index (χ4v) is 2.47. The van der Waals surface area contributed by atoms with Crippen LogP contribution in [0.5, 0.6) is 0 Å². The SMILES string of the molecule is O=C1CN(CCc2ccc(Cl)s2)C(=O)N1. The Labute approximate surface area is 95.8 Å². The molecule has 0 spiro atoms. The predicted molar refractivity (Wildman–Crippen MR) is 58.1 cm³/mol. The van der Waals surface area contributed by atoms with Crippen molar-refractivity contribution in [2.75, 3.05) is 13.1 Å². The summed E-state index contributed by atoms with van der Waals surface area (Å²) in [4.78, 5) is 24.7. The Morgan fingerprint density at radius 2 is 2.27 bits per heavy atom. The molecule has 1 aliphatic heterocycles. The molecule has 0 aliphatic carbocycles. The second-order valence-corrected chi connectivity index (χ2v) is 5.03. The quantitative estimate of drug-likeness (QED) is 0.820. The van der Waals surface area contributed by atoms with Gasteiger partial charge in [-0.05, 0) is 18.6 Å². The van der Waals surface area contributed by atoms with Gasteiger partial charge < -0.3 is 4.90 Å². The van der Waals surface area contributed by atoms with Gasteiger partial charge in [-0.3, -0.25) is 10.1 Å². The van der Waals surface area contributed by atoms with E-state index in [-0.39, 0.29) is 18.5 Å². The standard InChI is InChI=1S/C9H9ClN2O2S/c10-7-2-1-6(15-7)3-4-12-5-8(13)11-9(12)14/h1-2H,3-5H2,(H,11,13,14). The zero-order chi connectivity index (χ0) is 10.8. The Morgan fingerprint density at radius 3 is 2.80 bits per heavy atom. The molecule has 0 radical (unpaired) electrons. The van der Waals surface area contributed by atoms with Gasteiger partial charge >= 0.3 is 6.03 Å². The van der Waals surface area contributed by atoms with Crippen molar-refractivity contribution < 1.29 is 9.59 Å².